The van der Waals surface area contributed by atoms with E-state index in [-0.39, 0.29) is 0 Å². The molecule has 0 aliphatic carbocycles. The summed E-state index contributed by atoms with van der Waals surface area (Å²) in [5, 5.41) is 2.33. The van der Waals surface area contributed by atoms with Gasteiger partial charge in [0, 0.05) is 44.2 Å². The molecule has 0 aliphatic heterocycles. The second kappa shape index (κ2) is 15.1. The zero-order valence-electron chi connectivity index (χ0n) is 34.1. The van der Waals surface area contributed by atoms with Crippen molar-refractivity contribution in [3.63, 3.8) is 0 Å². The number of aromatic nitrogens is 7. The molecule has 10 aromatic rings. The van der Waals surface area contributed by atoms with E-state index in [2.05, 4.69) is 123 Å². The summed E-state index contributed by atoms with van der Waals surface area (Å²) in [5.41, 5.74) is 14.6. The van der Waals surface area contributed by atoms with Crippen LogP contribution in [0.15, 0.2) is 158 Å². The molecule has 0 fully saturated rings. The summed E-state index contributed by atoms with van der Waals surface area (Å²) in [7, 11) is 10.9. The molecule has 0 bridgehead atoms. The van der Waals surface area contributed by atoms with Crippen LogP contribution in [-0.4, -0.2) is 73.7 Å². The van der Waals surface area contributed by atoms with Crippen molar-refractivity contribution >= 4 is 88.4 Å². The van der Waals surface area contributed by atoms with E-state index < -0.39 is 0 Å². The van der Waals surface area contributed by atoms with Crippen LogP contribution in [0, 0.1) is 0 Å². The lowest BCUT2D eigenvalue weighted by molar-refractivity contribution is 1.06. The van der Waals surface area contributed by atoms with Crippen LogP contribution in [0.2, 0.25) is 0 Å². The summed E-state index contributed by atoms with van der Waals surface area (Å²) < 4.78 is 2.32. The molecule has 10 rings (SSSR count). The van der Waals surface area contributed by atoms with Gasteiger partial charge in [0.25, 0.3) is 0 Å². The third-order valence-corrected chi connectivity index (χ3v) is 11.9. The van der Waals surface area contributed by atoms with Gasteiger partial charge in [-0.3, -0.25) is 0 Å². The average Bonchev–Trinajstić information content (AvgIpc) is 3.65. The van der Waals surface area contributed by atoms with Gasteiger partial charge in [0.1, 0.15) is 39.2 Å². The Morgan fingerprint density at radius 1 is 0.317 bits per heavy atom. The highest BCUT2D eigenvalue weighted by Gasteiger charge is 2.23. The molecule has 0 aliphatic rings. The minimum atomic E-state index is 0.548. The first kappa shape index (κ1) is 37.0. The maximum atomic E-state index is 5.44. The van der Waals surface area contributed by atoms with Gasteiger partial charge in [-0.15, -0.1) is 16.4 Å². The van der Waals surface area contributed by atoms with Crippen LogP contribution in [0.3, 0.4) is 0 Å². The topological polar surface area (TPSA) is 82.3 Å². The van der Waals surface area contributed by atoms with Gasteiger partial charge in [-0.05, 0) is 30.3 Å². The minimum absolute atomic E-state index is 0.548. The van der Waals surface area contributed by atoms with E-state index in [1.54, 1.807) is 0 Å². The van der Waals surface area contributed by atoms with Crippen LogP contribution < -0.4 is 27.3 Å². The van der Waals surface area contributed by atoms with E-state index in [1.807, 2.05) is 78.9 Å². The van der Waals surface area contributed by atoms with Crippen molar-refractivity contribution in [2.75, 3.05) is 0 Å². The summed E-state index contributed by atoms with van der Waals surface area (Å²) in [5.74, 6) is 3.52. The SMILES string of the molecule is Bc1c(B)c(B)c(-c2nc(-c3ccccc3)nc(-c3cc(-c4nc(-c5ccccc5)nc(-c5ccccc5)n4)ccc3-n3c4ccccc4c4ccccc43)n2)c(B)c1B. The lowest BCUT2D eigenvalue weighted by Gasteiger charge is -2.20. The molecular weight excluding hydrogens is 729 g/mol. The zero-order valence-corrected chi connectivity index (χ0v) is 34.1. The first-order valence-electron chi connectivity index (χ1n) is 20.2. The van der Waals surface area contributed by atoms with Crippen molar-refractivity contribution in [3.8, 4) is 74.0 Å². The quantitative estimate of drug-likeness (QED) is 0.232. The first-order valence-corrected chi connectivity index (χ1v) is 20.2. The maximum Gasteiger partial charge on any atom is 0.166 e. The van der Waals surface area contributed by atoms with Gasteiger partial charge >= 0.3 is 0 Å². The van der Waals surface area contributed by atoms with Crippen LogP contribution in [0.5, 0.6) is 0 Å². The summed E-state index contributed by atoms with van der Waals surface area (Å²) in [6.45, 7) is 0. The Morgan fingerprint density at radius 2 is 0.683 bits per heavy atom. The van der Waals surface area contributed by atoms with Crippen LogP contribution in [0.4, 0.5) is 0 Å². The smallest absolute Gasteiger partial charge is 0.166 e. The molecule has 0 amide bonds. The van der Waals surface area contributed by atoms with E-state index in [1.165, 1.54) is 27.2 Å². The van der Waals surface area contributed by atoms with Crippen molar-refractivity contribution in [3.05, 3.63) is 158 Å². The molecule has 7 nitrogen and oxygen atoms in total. The van der Waals surface area contributed by atoms with Crippen molar-refractivity contribution in [2.45, 2.75) is 0 Å². The van der Waals surface area contributed by atoms with E-state index in [4.69, 9.17) is 29.9 Å². The largest absolute Gasteiger partial charge is 0.309 e. The molecular formula is C48H36B5N7. The fourth-order valence-corrected chi connectivity index (χ4v) is 8.33. The molecule has 0 atom stereocenters. The number of benzene rings is 7. The predicted octanol–water partition coefficient (Wildman–Crippen LogP) is 2.45. The Bertz CT molecular complexity index is 3130. The van der Waals surface area contributed by atoms with Gasteiger partial charge in [0.2, 0.25) is 0 Å². The van der Waals surface area contributed by atoms with Gasteiger partial charge in [0.05, 0.1) is 16.7 Å². The zero-order chi connectivity index (χ0) is 40.9. The van der Waals surface area contributed by atoms with Crippen LogP contribution in [-0.2, 0) is 0 Å². The van der Waals surface area contributed by atoms with Gasteiger partial charge < -0.3 is 4.57 Å². The Kier molecular flexibility index (Phi) is 9.33. The first-order chi connectivity index (χ1) is 29.3. The highest BCUT2D eigenvalue weighted by Crippen LogP contribution is 2.38. The number of para-hydroxylation sites is 2. The number of fused-ring (bicyclic) bond motifs is 3. The molecule has 0 saturated carbocycles. The Balaban J connectivity index is 1.29. The summed E-state index contributed by atoms with van der Waals surface area (Å²) >= 11 is 0. The van der Waals surface area contributed by atoms with Gasteiger partial charge in [-0.2, -0.15) is 0 Å². The number of hydrogen-bond donors (Lipinski definition) is 0. The monoisotopic (exact) mass is 765 g/mol. The van der Waals surface area contributed by atoms with Crippen molar-refractivity contribution < 1.29 is 0 Å². The fourth-order valence-electron chi connectivity index (χ4n) is 8.33. The third-order valence-electron chi connectivity index (χ3n) is 11.9. The number of rotatable bonds is 7. The van der Waals surface area contributed by atoms with E-state index in [0.717, 1.165) is 61.0 Å². The molecule has 7 aromatic carbocycles. The molecule has 12 heteroatoms. The molecule has 0 radical (unpaired) electrons. The van der Waals surface area contributed by atoms with Crippen LogP contribution in [0.1, 0.15) is 0 Å². The van der Waals surface area contributed by atoms with Gasteiger partial charge in [-0.1, -0.05) is 138 Å². The van der Waals surface area contributed by atoms with E-state index in [9.17, 15) is 0 Å². The van der Waals surface area contributed by atoms with Gasteiger partial charge in [0.15, 0.2) is 34.9 Å². The highest BCUT2D eigenvalue weighted by molar-refractivity contribution is 6.68. The molecule has 0 saturated heterocycles. The molecule has 278 valence electrons. The van der Waals surface area contributed by atoms with Gasteiger partial charge in [-0.25, -0.2) is 29.9 Å². The lowest BCUT2D eigenvalue weighted by Crippen LogP contribution is -2.55. The van der Waals surface area contributed by atoms with Crippen molar-refractivity contribution in [1.29, 1.82) is 0 Å². The fraction of sp³-hybridized carbons (Fsp3) is 0. The Morgan fingerprint density at radius 3 is 1.17 bits per heavy atom. The van der Waals surface area contributed by atoms with Crippen LogP contribution in [0.25, 0.3) is 95.8 Å². The molecule has 60 heavy (non-hydrogen) atoms. The highest BCUT2D eigenvalue weighted by atomic mass is 15.1. The Hall–Kier alpha value is -7.32. The minimum Gasteiger partial charge on any atom is -0.309 e. The number of hydrogen-bond acceptors (Lipinski definition) is 6. The predicted molar refractivity (Wildman–Crippen MR) is 261 cm³/mol. The summed E-state index contributed by atoms with van der Waals surface area (Å²) in [6.07, 6.45) is 0. The standard InChI is InChI=1S/C48H36B5N7/c49-38-37(39(50)41(52)42(53)40(38)51)48-58-45(29-18-8-3-9-19-29)57-47(59-48)33-26-30(24-25-36(33)60-34-22-12-10-20-31(34)32-21-11-13-23-35(32)60)46-55-43(27-14-4-1-5-15-27)54-44(56-46)28-16-6-2-7-17-28/h1-26H,49-53H2. The van der Waals surface area contributed by atoms with E-state index >= 15 is 0 Å². The van der Waals surface area contributed by atoms with E-state index in [0.29, 0.717) is 34.9 Å². The molecule has 0 unspecified atom stereocenters. The van der Waals surface area contributed by atoms with Crippen molar-refractivity contribution in [1.82, 2.24) is 34.5 Å². The second-order valence-electron chi connectivity index (χ2n) is 15.3. The summed E-state index contributed by atoms with van der Waals surface area (Å²) in [4.78, 5) is 31.2. The number of nitrogens with zero attached hydrogens (tertiary/aromatic N) is 7. The third kappa shape index (κ3) is 6.41. The Labute approximate surface area is 353 Å². The molecule has 3 aromatic heterocycles. The molecule has 0 spiro atoms. The average molecular weight is 765 g/mol. The maximum absolute atomic E-state index is 5.44. The molecule has 3 heterocycles. The van der Waals surface area contributed by atoms with Crippen molar-refractivity contribution in [2.24, 2.45) is 0 Å². The second-order valence-corrected chi connectivity index (χ2v) is 15.3. The molecule has 0 N–H and O–H groups in total. The van der Waals surface area contributed by atoms with Crippen LogP contribution >= 0.6 is 0 Å². The lowest BCUT2D eigenvalue weighted by atomic mass is 9.60. The summed E-state index contributed by atoms with van der Waals surface area (Å²) in [6, 6.07) is 53.8. The normalized spacial score (nSPS) is 11.3.